The molecule has 0 fully saturated rings. The largest absolute Gasteiger partial charge is 0.464 e. The van der Waals surface area contributed by atoms with Gasteiger partial charge in [-0.05, 0) is 18.5 Å². The van der Waals surface area contributed by atoms with Crippen molar-refractivity contribution < 1.29 is 19.1 Å². The summed E-state index contributed by atoms with van der Waals surface area (Å²) in [6.07, 6.45) is -0.626. The predicted octanol–water partition coefficient (Wildman–Crippen LogP) is 3.60. The summed E-state index contributed by atoms with van der Waals surface area (Å²) in [5.74, 6) is -0.435. The van der Waals surface area contributed by atoms with E-state index in [1.54, 1.807) is 6.92 Å². The van der Waals surface area contributed by atoms with Crippen LogP contribution in [0.4, 0.5) is 4.79 Å². The van der Waals surface area contributed by atoms with Crippen molar-refractivity contribution in [3.63, 3.8) is 0 Å². The number of rotatable bonds is 7. The molecule has 1 aromatic carbocycles. The van der Waals surface area contributed by atoms with Gasteiger partial charge in [-0.1, -0.05) is 50.0 Å². The number of esters is 1. The molecule has 0 radical (unpaired) electrons. The number of nitrogens with one attached hydrogen (secondary N) is 1. The van der Waals surface area contributed by atoms with E-state index in [0.29, 0.717) is 6.61 Å². The van der Waals surface area contributed by atoms with Crippen LogP contribution in [-0.4, -0.2) is 32.8 Å². The Labute approximate surface area is 145 Å². The van der Waals surface area contributed by atoms with Crippen LogP contribution in [0.3, 0.4) is 0 Å². The van der Waals surface area contributed by atoms with E-state index in [4.69, 9.17) is 9.47 Å². The molecule has 23 heavy (non-hydrogen) atoms. The number of alkyl carbamates (subject to hydrolysis) is 1. The molecule has 7 heteroatoms. The molecular weight excluding hydrogens is 334 g/mol. The summed E-state index contributed by atoms with van der Waals surface area (Å²) < 4.78 is 10.2. The molecule has 0 aliphatic rings. The van der Waals surface area contributed by atoms with Gasteiger partial charge >= 0.3 is 12.1 Å². The Morgan fingerprint density at radius 1 is 1.13 bits per heavy atom. The Balaban J connectivity index is 0.00000484. The number of halogens is 1. The summed E-state index contributed by atoms with van der Waals surface area (Å²) in [7, 11) is -1.23. The molecule has 1 atom stereocenters. The molecule has 0 unspecified atom stereocenters. The summed E-state index contributed by atoms with van der Waals surface area (Å²) in [4.78, 5) is 23.4. The van der Waals surface area contributed by atoms with Crippen LogP contribution in [0.1, 0.15) is 12.5 Å². The average Bonchev–Trinajstić information content (AvgIpc) is 2.44. The van der Waals surface area contributed by atoms with E-state index in [2.05, 4.69) is 25.0 Å². The number of hydrogen-bond acceptors (Lipinski definition) is 4. The van der Waals surface area contributed by atoms with Crippen LogP contribution in [0, 0.1) is 0 Å². The van der Waals surface area contributed by atoms with Crippen molar-refractivity contribution in [1.82, 2.24) is 5.32 Å². The van der Waals surface area contributed by atoms with Crippen molar-refractivity contribution in [1.29, 1.82) is 0 Å². The van der Waals surface area contributed by atoms with Gasteiger partial charge < -0.3 is 14.8 Å². The second-order valence-corrected chi connectivity index (χ2v) is 12.0. The van der Waals surface area contributed by atoms with E-state index in [1.807, 2.05) is 30.3 Å². The second-order valence-electron chi connectivity index (χ2n) is 6.41. The first-order valence-corrected chi connectivity index (χ1v) is 11.1. The number of ether oxygens (including phenoxy) is 2. The highest BCUT2D eigenvalue weighted by atomic mass is 35.5. The summed E-state index contributed by atoms with van der Waals surface area (Å²) in [6.45, 7) is 8.79. The molecule has 0 saturated heterocycles. The molecule has 0 spiro atoms. The van der Waals surface area contributed by atoms with Gasteiger partial charge in [0.2, 0.25) is 0 Å². The van der Waals surface area contributed by atoms with Crippen LogP contribution >= 0.6 is 12.4 Å². The average molecular weight is 360 g/mol. The second kappa shape index (κ2) is 10.3. The molecule has 5 nitrogen and oxygen atoms in total. The molecule has 0 heterocycles. The summed E-state index contributed by atoms with van der Waals surface area (Å²) in [6, 6.07) is 9.55. The molecule has 1 rings (SSSR count). The molecule has 1 amide bonds. The first kappa shape index (κ1) is 21.5. The van der Waals surface area contributed by atoms with Gasteiger partial charge in [0.25, 0.3) is 0 Å². The Morgan fingerprint density at radius 2 is 1.74 bits per heavy atom. The van der Waals surface area contributed by atoms with E-state index in [0.717, 1.165) is 11.6 Å². The normalized spacial score (nSPS) is 11.8. The Hall–Kier alpha value is -1.53. The molecule has 0 saturated carbocycles. The maximum absolute atomic E-state index is 11.8. The van der Waals surface area contributed by atoms with Crippen molar-refractivity contribution >= 4 is 32.5 Å². The quantitative estimate of drug-likeness (QED) is 0.596. The van der Waals surface area contributed by atoms with Crippen LogP contribution in [0.5, 0.6) is 0 Å². The minimum Gasteiger partial charge on any atom is -0.464 e. The molecule has 130 valence electrons. The van der Waals surface area contributed by atoms with E-state index >= 15 is 0 Å². The van der Waals surface area contributed by atoms with Crippen molar-refractivity contribution in [2.75, 3.05) is 6.61 Å². The number of benzene rings is 1. The third kappa shape index (κ3) is 9.96. The highest BCUT2D eigenvalue weighted by Crippen LogP contribution is 2.08. The molecule has 1 aromatic rings. The zero-order valence-electron chi connectivity index (χ0n) is 14.1. The molecular formula is C16H26ClNO4Si. The van der Waals surface area contributed by atoms with Gasteiger partial charge in [0.05, 0.1) is 6.61 Å². The van der Waals surface area contributed by atoms with Gasteiger partial charge in [-0.25, -0.2) is 9.59 Å². The molecule has 0 bridgehead atoms. The maximum Gasteiger partial charge on any atom is 0.408 e. The lowest BCUT2D eigenvalue weighted by Crippen LogP contribution is -2.40. The van der Waals surface area contributed by atoms with Crippen LogP contribution < -0.4 is 5.32 Å². The van der Waals surface area contributed by atoms with Gasteiger partial charge in [0.15, 0.2) is 0 Å². The summed E-state index contributed by atoms with van der Waals surface area (Å²) >= 11 is 0. The van der Waals surface area contributed by atoms with Crippen molar-refractivity contribution in [3.05, 3.63) is 35.9 Å². The molecule has 0 aliphatic heterocycles. The Bertz CT molecular complexity index is 491. The number of amides is 1. The zero-order chi connectivity index (χ0) is 16.6. The maximum atomic E-state index is 11.8. The summed E-state index contributed by atoms with van der Waals surface area (Å²) in [5.41, 5.74) is 0.892. The first-order chi connectivity index (χ1) is 10.3. The van der Waals surface area contributed by atoms with E-state index < -0.39 is 26.2 Å². The van der Waals surface area contributed by atoms with Crippen LogP contribution in [0.2, 0.25) is 25.7 Å². The molecule has 0 aliphatic carbocycles. The SMILES string of the molecule is C[C@H](NC(=O)OCc1ccccc1)C(=O)OCC[Si](C)(C)C.Cl. The third-order valence-electron chi connectivity index (χ3n) is 3.00. The monoisotopic (exact) mass is 359 g/mol. The third-order valence-corrected chi connectivity index (χ3v) is 4.70. The van der Waals surface area contributed by atoms with Crippen molar-refractivity contribution in [2.45, 2.75) is 45.3 Å². The summed E-state index contributed by atoms with van der Waals surface area (Å²) in [5, 5.41) is 2.47. The van der Waals surface area contributed by atoms with Gasteiger partial charge in [0, 0.05) is 8.07 Å². The Kier molecular flexibility index (Phi) is 9.60. The number of carbonyl (C=O) groups excluding carboxylic acids is 2. The van der Waals surface area contributed by atoms with Gasteiger partial charge in [-0.3, -0.25) is 0 Å². The number of hydrogen-bond donors (Lipinski definition) is 1. The highest BCUT2D eigenvalue weighted by molar-refractivity contribution is 6.76. The fraction of sp³-hybridized carbons (Fsp3) is 0.500. The fourth-order valence-electron chi connectivity index (χ4n) is 1.58. The highest BCUT2D eigenvalue weighted by Gasteiger charge is 2.19. The minimum atomic E-state index is -1.23. The van der Waals surface area contributed by atoms with Crippen molar-refractivity contribution in [3.8, 4) is 0 Å². The van der Waals surface area contributed by atoms with Gasteiger partial charge in [-0.15, -0.1) is 12.4 Å². The number of carbonyl (C=O) groups is 2. The molecule has 0 aromatic heterocycles. The van der Waals surface area contributed by atoms with E-state index in [9.17, 15) is 9.59 Å². The first-order valence-electron chi connectivity index (χ1n) is 7.42. The minimum absolute atomic E-state index is 0. The van der Waals surface area contributed by atoms with Gasteiger partial charge in [0.1, 0.15) is 12.6 Å². The predicted molar refractivity (Wildman–Crippen MR) is 95.6 cm³/mol. The lowest BCUT2D eigenvalue weighted by molar-refractivity contribution is -0.145. The fourth-order valence-corrected chi connectivity index (χ4v) is 2.30. The van der Waals surface area contributed by atoms with Crippen molar-refractivity contribution in [2.24, 2.45) is 0 Å². The van der Waals surface area contributed by atoms with Crippen LogP contribution in [0.15, 0.2) is 30.3 Å². The lowest BCUT2D eigenvalue weighted by atomic mass is 10.2. The van der Waals surface area contributed by atoms with E-state index in [1.165, 1.54) is 0 Å². The van der Waals surface area contributed by atoms with Gasteiger partial charge in [-0.2, -0.15) is 0 Å². The molecule has 1 N–H and O–H groups in total. The van der Waals surface area contributed by atoms with E-state index in [-0.39, 0.29) is 19.0 Å². The Morgan fingerprint density at radius 3 is 2.30 bits per heavy atom. The smallest absolute Gasteiger partial charge is 0.408 e. The zero-order valence-corrected chi connectivity index (χ0v) is 15.9. The topological polar surface area (TPSA) is 64.6 Å². The van der Waals surface area contributed by atoms with Crippen LogP contribution in [0.25, 0.3) is 0 Å². The van der Waals surface area contributed by atoms with Crippen LogP contribution in [-0.2, 0) is 20.9 Å². The standard InChI is InChI=1S/C16H25NO4Si.ClH/c1-13(15(18)20-10-11-22(2,3)4)17-16(19)21-12-14-8-6-5-7-9-14;/h5-9,13H,10-12H2,1-4H3,(H,17,19);1H/t13-;/m0./s1. The lowest BCUT2D eigenvalue weighted by Gasteiger charge is -2.17.